The highest BCUT2D eigenvalue weighted by Gasteiger charge is 2.71. The van der Waals surface area contributed by atoms with Gasteiger partial charge in [-0.25, -0.2) is 9.97 Å². The zero-order valence-electron chi connectivity index (χ0n) is 34.4. The molecule has 0 radical (unpaired) electrons. The lowest BCUT2D eigenvalue weighted by Gasteiger charge is -2.50. The number of halogens is 9. The summed E-state index contributed by atoms with van der Waals surface area (Å²) in [5.74, 6) is -10.8. The summed E-state index contributed by atoms with van der Waals surface area (Å²) in [7, 11) is 1.16. The van der Waals surface area contributed by atoms with Crippen LogP contribution in [0.15, 0.2) is 109 Å². The van der Waals surface area contributed by atoms with Crippen molar-refractivity contribution in [3.63, 3.8) is 0 Å². The first kappa shape index (κ1) is 45.8. The second-order valence-corrected chi connectivity index (χ2v) is 17.7. The van der Waals surface area contributed by atoms with Crippen molar-refractivity contribution < 1.29 is 55.4 Å². The molecule has 2 aliphatic carbocycles. The van der Waals surface area contributed by atoms with Crippen LogP contribution in [0.5, 0.6) is 11.5 Å². The molecule has 5 aromatic rings. The summed E-state index contributed by atoms with van der Waals surface area (Å²) in [6.45, 7) is 0.118. The lowest BCUT2D eigenvalue weighted by atomic mass is 9.49. The summed E-state index contributed by atoms with van der Waals surface area (Å²) in [5.41, 5.74) is -0.474. The number of allylic oxidation sites excluding steroid dienone is 2. The molecule has 4 amide bonds. The zero-order chi connectivity index (χ0) is 47.9. The number of anilines is 2. The summed E-state index contributed by atoms with van der Waals surface area (Å²) < 4.78 is 88.3. The molecule has 9 rings (SSSR count). The third kappa shape index (κ3) is 7.68. The third-order valence-electron chi connectivity index (χ3n) is 12.8. The maximum Gasteiger partial charge on any atom is 0.433 e. The molecule has 21 heteroatoms. The van der Waals surface area contributed by atoms with Gasteiger partial charge in [0.1, 0.15) is 23.8 Å². The topological polar surface area (TPSA) is 145 Å². The second kappa shape index (κ2) is 16.7. The quantitative estimate of drug-likeness (QED) is 0.0832. The summed E-state index contributed by atoms with van der Waals surface area (Å²) in [6.07, 6.45) is -8.02. The number of rotatable bonds is 9. The maximum absolute atomic E-state index is 15.6. The number of phenols is 1. The van der Waals surface area contributed by atoms with E-state index in [9.17, 15) is 41.0 Å². The molecule has 346 valence electrons. The molecule has 2 N–H and O–H groups in total. The van der Waals surface area contributed by atoms with Crippen molar-refractivity contribution in [2.45, 2.75) is 43.1 Å². The molecule has 6 atom stereocenters. The van der Waals surface area contributed by atoms with Crippen LogP contribution >= 0.6 is 34.8 Å². The lowest BCUT2D eigenvalue weighted by molar-refractivity contribution is -0.142. The minimum Gasteiger partial charge on any atom is -0.508 e. The number of carbonyl (C=O) groups excluding carboxylic acids is 4. The first-order chi connectivity index (χ1) is 31.7. The molecule has 1 saturated carbocycles. The van der Waals surface area contributed by atoms with Gasteiger partial charge in [0, 0.05) is 35.8 Å². The van der Waals surface area contributed by atoms with Crippen LogP contribution in [0.2, 0.25) is 15.1 Å². The van der Waals surface area contributed by atoms with Gasteiger partial charge in [0.05, 0.1) is 38.8 Å². The van der Waals surface area contributed by atoms with Gasteiger partial charge in [0.25, 0.3) is 23.6 Å². The molecule has 2 aliphatic heterocycles. The number of aromatic hydroxyl groups is 1. The van der Waals surface area contributed by atoms with Gasteiger partial charge in [-0.15, -0.1) is 0 Å². The number of hydrogen-bond acceptors (Lipinski definition) is 10. The molecule has 4 heterocycles. The molecule has 0 unspecified atom stereocenters. The number of ether oxygens (including phenoxy) is 1. The molecule has 2 aromatic heterocycles. The van der Waals surface area contributed by atoms with Gasteiger partial charge in [0.2, 0.25) is 0 Å². The normalized spacial score (nSPS) is 23.7. The first-order valence-corrected chi connectivity index (χ1v) is 21.5. The molecule has 4 aliphatic rings. The maximum atomic E-state index is 15.6. The lowest BCUT2D eigenvalue weighted by Crippen LogP contribution is -2.53. The number of aromatic nitrogens is 2. The minimum atomic E-state index is -4.90. The monoisotopic (exact) mass is 984 g/mol. The number of alkyl halides is 6. The molecule has 2 saturated heterocycles. The van der Waals surface area contributed by atoms with E-state index in [4.69, 9.17) is 39.5 Å². The average molecular weight is 986 g/mol. The van der Waals surface area contributed by atoms with Gasteiger partial charge >= 0.3 is 12.4 Å². The highest BCUT2D eigenvalue weighted by molar-refractivity contribution is 6.33. The number of nitrogens with one attached hydrogen (secondary N) is 1. The van der Waals surface area contributed by atoms with Gasteiger partial charge in [-0.3, -0.25) is 29.6 Å². The third-order valence-corrected chi connectivity index (χ3v) is 13.7. The fourth-order valence-corrected chi connectivity index (χ4v) is 10.5. The summed E-state index contributed by atoms with van der Waals surface area (Å²) in [5, 5.41) is 13.5. The Morgan fingerprint density at radius 3 is 2.22 bits per heavy atom. The number of imide groups is 2. The predicted molar refractivity (Wildman–Crippen MR) is 230 cm³/mol. The Hall–Kier alpha value is -6.37. The van der Waals surface area contributed by atoms with Gasteiger partial charge < -0.3 is 9.84 Å². The van der Waals surface area contributed by atoms with Gasteiger partial charge in [-0.2, -0.15) is 36.4 Å². The molecular formula is C46H33Cl3F6N6O6. The SMILES string of the molecule is CN(c1nc(C(F)(F)F)ccc1Cl)N1C(=O)[C@H]2[C@H](CC=C3[C@H]2C[C@H]2C(=O)N(Nc4ncc(C(F)(F)F)cc4Cl)C(=O)[C@@]2(c2ccc(Cl)cc2)[C@H]3c2ccc(OCc3ccccc3)cc2O)C1=O. The Morgan fingerprint density at radius 1 is 0.851 bits per heavy atom. The van der Waals surface area contributed by atoms with E-state index >= 15 is 9.59 Å². The summed E-state index contributed by atoms with van der Waals surface area (Å²) in [4.78, 5) is 67.2. The fourth-order valence-electron chi connectivity index (χ4n) is 9.92. The van der Waals surface area contributed by atoms with Crippen LogP contribution in [0.1, 0.15) is 46.7 Å². The first-order valence-electron chi connectivity index (χ1n) is 20.4. The van der Waals surface area contributed by atoms with E-state index in [2.05, 4.69) is 15.4 Å². The standard InChI is InChI=1S/C46H33Cl3F6N6O6/c1-59(39-32(48)15-16-35(57-39)46(53,54)55)61-40(63)29-14-13-27-30(36(29)42(61)65)19-31-41(64)60(58-38-33(49)17-24(20-56-38)45(50,51)52)43(66)44(31,23-7-9-25(47)10-8-23)37(27)28-12-11-26(18-34(28)62)67-21-22-5-3-2-4-6-22/h2-13,15-18,20,29-31,36-37,62H,14,19,21H2,1H3,(H,56,58)/t29-,30+,31-,36-,37+,44+/m0/s1. The van der Waals surface area contributed by atoms with E-state index in [0.717, 1.165) is 23.7 Å². The Bertz CT molecular complexity index is 2890. The van der Waals surface area contributed by atoms with Crippen LogP contribution in [0.25, 0.3) is 0 Å². The van der Waals surface area contributed by atoms with Crippen LogP contribution in [-0.4, -0.2) is 55.8 Å². The summed E-state index contributed by atoms with van der Waals surface area (Å²) >= 11 is 19.0. The Balaban J connectivity index is 1.18. The number of pyridine rings is 2. The smallest absolute Gasteiger partial charge is 0.433 e. The van der Waals surface area contributed by atoms with E-state index < -0.39 is 98.9 Å². The molecule has 12 nitrogen and oxygen atoms in total. The number of benzene rings is 3. The van der Waals surface area contributed by atoms with Gasteiger partial charge in [0.15, 0.2) is 11.6 Å². The van der Waals surface area contributed by atoms with E-state index in [1.807, 2.05) is 30.3 Å². The number of nitrogens with zero attached hydrogens (tertiary/aromatic N) is 5. The van der Waals surface area contributed by atoms with Crippen LogP contribution < -0.4 is 15.2 Å². The van der Waals surface area contributed by atoms with Gasteiger partial charge in [-0.1, -0.05) is 95.0 Å². The van der Waals surface area contributed by atoms with E-state index in [1.54, 1.807) is 12.1 Å². The number of fused-ring (bicyclic) bond motifs is 4. The molecule has 0 spiro atoms. The number of hydrogen-bond donors (Lipinski definition) is 2. The van der Waals surface area contributed by atoms with Crippen LogP contribution in [0.4, 0.5) is 38.0 Å². The Kier molecular flexibility index (Phi) is 11.4. The van der Waals surface area contributed by atoms with E-state index in [1.165, 1.54) is 36.4 Å². The molecular weight excluding hydrogens is 953 g/mol. The Labute approximate surface area is 391 Å². The minimum absolute atomic E-state index is 0.0980. The van der Waals surface area contributed by atoms with Crippen molar-refractivity contribution in [1.82, 2.24) is 20.0 Å². The van der Waals surface area contributed by atoms with Crippen molar-refractivity contribution in [3.05, 3.63) is 152 Å². The van der Waals surface area contributed by atoms with Crippen LogP contribution in [-0.2, 0) is 43.6 Å². The van der Waals surface area contributed by atoms with Gasteiger partial charge in [-0.05, 0) is 66.3 Å². The highest BCUT2D eigenvalue weighted by Crippen LogP contribution is 2.65. The largest absolute Gasteiger partial charge is 0.508 e. The predicted octanol–water partition coefficient (Wildman–Crippen LogP) is 9.80. The fraction of sp³-hybridized carbons (Fsp3) is 0.261. The van der Waals surface area contributed by atoms with E-state index in [0.29, 0.717) is 33.9 Å². The van der Waals surface area contributed by atoms with Crippen LogP contribution in [0, 0.1) is 23.7 Å². The van der Waals surface area contributed by atoms with E-state index in [-0.39, 0.29) is 52.1 Å². The number of phenolic OH excluding ortho intramolecular Hbond substituents is 1. The van der Waals surface area contributed by atoms with Crippen molar-refractivity contribution >= 4 is 70.1 Å². The zero-order valence-corrected chi connectivity index (χ0v) is 36.7. The Morgan fingerprint density at radius 2 is 1.57 bits per heavy atom. The van der Waals surface area contributed by atoms with Crippen molar-refractivity contribution in [1.29, 1.82) is 0 Å². The van der Waals surface area contributed by atoms with Crippen molar-refractivity contribution in [2.75, 3.05) is 17.5 Å². The second-order valence-electron chi connectivity index (χ2n) is 16.4. The number of amides is 4. The molecule has 3 aromatic carbocycles. The number of hydrazine groups is 2. The molecule has 67 heavy (non-hydrogen) atoms. The highest BCUT2D eigenvalue weighted by atomic mass is 35.5. The summed E-state index contributed by atoms with van der Waals surface area (Å²) in [6, 6.07) is 21.7. The van der Waals surface area contributed by atoms with Crippen LogP contribution in [0.3, 0.4) is 0 Å². The average Bonchev–Trinajstić information content (AvgIpc) is 3.66. The number of carbonyl (C=O) groups is 4. The molecule has 3 fully saturated rings. The van der Waals surface area contributed by atoms with Crippen molar-refractivity contribution in [3.8, 4) is 11.5 Å². The molecule has 0 bridgehead atoms. The van der Waals surface area contributed by atoms with Crippen molar-refractivity contribution in [2.24, 2.45) is 23.7 Å².